The van der Waals surface area contributed by atoms with E-state index in [4.69, 9.17) is 0 Å². The molecular formula is C17H22O3S. The Hall–Kier alpha value is -1.16. The van der Waals surface area contributed by atoms with Crippen molar-refractivity contribution in [2.75, 3.05) is 0 Å². The van der Waals surface area contributed by atoms with Crippen LogP contribution in [0.1, 0.15) is 53.6 Å². The molecule has 1 aromatic rings. The Morgan fingerprint density at radius 2 is 1.71 bits per heavy atom. The zero-order valence-electron chi connectivity index (χ0n) is 12.6. The molecule has 4 heteroatoms. The van der Waals surface area contributed by atoms with Crippen LogP contribution in [0.2, 0.25) is 0 Å². The number of carbonyl (C=O) groups is 1. The number of aryl methyl sites for hydroxylation is 2. The van der Waals surface area contributed by atoms with Crippen molar-refractivity contribution in [2.45, 2.75) is 56.5 Å². The number of carbonyl (C=O) groups excluding carboxylic acids is 1. The van der Waals surface area contributed by atoms with Crippen LogP contribution in [0.15, 0.2) is 18.2 Å². The number of Topliss-reactive ketones (excluding diaryl/α,β-unsaturated/α-hetero) is 1. The van der Waals surface area contributed by atoms with Gasteiger partial charge in [-0.15, -0.1) is 0 Å². The molecular weight excluding hydrogens is 284 g/mol. The molecule has 3 nitrogen and oxygen atoms in total. The van der Waals surface area contributed by atoms with E-state index in [1.165, 1.54) is 0 Å². The average molecular weight is 306 g/mol. The molecule has 0 spiro atoms. The van der Waals surface area contributed by atoms with E-state index in [0.29, 0.717) is 12.8 Å². The van der Waals surface area contributed by atoms with Gasteiger partial charge in [0.2, 0.25) is 0 Å². The van der Waals surface area contributed by atoms with E-state index in [0.717, 1.165) is 36.0 Å². The van der Waals surface area contributed by atoms with Crippen molar-refractivity contribution >= 4 is 15.6 Å². The lowest BCUT2D eigenvalue weighted by molar-refractivity contribution is 0.0893. The normalized spacial score (nSPS) is 30.9. The van der Waals surface area contributed by atoms with Gasteiger partial charge in [0.1, 0.15) is 0 Å². The van der Waals surface area contributed by atoms with Gasteiger partial charge in [-0.3, -0.25) is 4.79 Å². The highest BCUT2D eigenvalue weighted by atomic mass is 32.2. The molecule has 21 heavy (non-hydrogen) atoms. The van der Waals surface area contributed by atoms with Crippen LogP contribution in [-0.4, -0.2) is 24.7 Å². The molecule has 2 fully saturated rings. The standard InChI is InChI=1S/C17H22O3S/c1-11-6-7-16(12(2)8-11)17(18)13-9-14-4-3-5-15(10-13)21(14,19)20/h6-8,13-15H,3-5,9-10H2,1-2H3. The lowest BCUT2D eigenvalue weighted by Crippen LogP contribution is -2.45. The number of fused-ring (bicyclic) bond motifs is 2. The van der Waals surface area contributed by atoms with E-state index >= 15 is 0 Å². The number of sulfone groups is 1. The predicted octanol–water partition coefficient (Wildman–Crippen LogP) is 3.23. The molecule has 0 amide bonds. The smallest absolute Gasteiger partial charge is 0.166 e. The van der Waals surface area contributed by atoms with E-state index in [-0.39, 0.29) is 22.2 Å². The first kappa shape index (κ1) is 14.8. The second-order valence-corrected chi connectivity index (χ2v) is 9.13. The molecule has 2 atom stereocenters. The van der Waals surface area contributed by atoms with Crippen LogP contribution in [0.5, 0.6) is 0 Å². The maximum absolute atomic E-state index is 12.8. The quantitative estimate of drug-likeness (QED) is 0.788. The van der Waals surface area contributed by atoms with Crippen LogP contribution in [0, 0.1) is 19.8 Å². The van der Waals surface area contributed by atoms with Crippen molar-refractivity contribution in [3.63, 3.8) is 0 Å². The van der Waals surface area contributed by atoms with Crippen LogP contribution in [0.3, 0.4) is 0 Å². The Bertz CT molecular complexity index is 655. The molecule has 3 rings (SSSR count). The Kier molecular flexibility index (Phi) is 3.68. The van der Waals surface area contributed by atoms with Gasteiger partial charge in [-0.1, -0.05) is 30.2 Å². The third kappa shape index (κ3) is 2.54. The number of benzene rings is 1. The van der Waals surface area contributed by atoms with Crippen LogP contribution < -0.4 is 0 Å². The SMILES string of the molecule is Cc1ccc(C(=O)C2CC3CCCC(C2)S3(=O)=O)c(C)c1. The third-order valence-electron chi connectivity index (χ3n) is 5.09. The highest BCUT2D eigenvalue weighted by molar-refractivity contribution is 7.92. The van der Waals surface area contributed by atoms with Gasteiger partial charge >= 0.3 is 0 Å². The Morgan fingerprint density at radius 1 is 1.10 bits per heavy atom. The van der Waals surface area contributed by atoms with Crippen molar-refractivity contribution in [3.8, 4) is 0 Å². The molecule has 0 N–H and O–H groups in total. The van der Waals surface area contributed by atoms with Crippen molar-refractivity contribution in [2.24, 2.45) is 5.92 Å². The molecule has 2 aliphatic heterocycles. The summed E-state index contributed by atoms with van der Waals surface area (Å²) in [6.45, 7) is 3.97. The van der Waals surface area contributed by atoms with Gasteiger partial charge in [-0.25, -0.2) is 8.42 Å². The lowest BCUT2D eigenvalue weighted by Gasteiger charge is -2.38. The summed E-state index contributed by atoms with van der Waals surface area (Å²) in [6, 6.07) is 5.88. The Morgan fingerprint density at radius 3 is 2.29 bits per heavy atom. The zero-order chi connectivity index (χ0) is 15.2. The fourth-order valence-electron chi connectivity index (χ4n) is 3.93. The van der Waals surface area contributed by atoms with Gasteiger partial charge in [0.05, 0.1) is 10.5 Å². The lowest BCUT2D eigenvalue weighted by atomic mass is 9.83. The zero-order valence-corrected chi connectivity index (χ0v) is 13.4. The molecule has 2 aliphatic rings. The van der Waals surface area contributed by atoms with E-state index < -0.39 is 9.84 Å². The van der Waals surface area contributed by atoms with Gasteiger partial charge in [0.15, 0.2) is 15.6 Å². The number of ketones is 1. The highest BCUT2D eigenvalue weighted by Crippen LogP contribution is 2.40. The topological polar surface area (TPSA) is 51.2 Å². The minimum Gasteiger partial charge on any atom is -0.294 e. The van der Waals surface area contributed by atoms with Gasteiger partial charge in [-0.05, 0) is 45.1 Å². The summed E-state index contributed by atoms with van der Waals surface area (Å²) in [4.78, 5) is 12.8. The van der Waals surface area contributed by atoms with Crippen LogP contribution in [0.25, 0.3) is 0 Å². The molecule has 0 aromatic heterocycles. The van der Waals surface area contributed by atoms with Crippen molar-refractivity contribution in [3.05, 3.63) is 34.9 Å². The summed E-state index contributed by atoms with van der Waals surface area (Å²) in [7, 11) is -2.98. The minimum absolute atomic E-state index is 0.120. The highest BCUT2D eigenvalue weighted by Gasteiger charge is 2.46. The fraction of sp³-hybridized carbons (Fsp3) is 0.588. The van der Waals surface area contributed by atoms with Gasteiger partial charge in [0.25, 0.3) is 0 Å². The van der Waals surface area contributed by atoms with Gasteiger partial charge in [-0.2, -0.15) is 0 Å². The fourth-order valence-corrected chi connectivity index (χ4v) is 6.47. The first-order valence-corrected chi connectivity index (χ1v) is 9.34. The first-order valence-electron chi connectivity index (χ1n) is 7.74. The summed E-state index contributed by atoms with van der Waals surface area (Å²) in [6.07, 6.45) is 3.49. The summed E-state index contributed by atoms with van der Waals surface area (Å²) >= 11 is 0. The van der Waals surface area contributed by atoms with Gasteiger partial charge in [0, 0.05) is 11.5 Å². The van der Waals surface area contributed by atoms with E-state index in [1.807, 2.05) is 32.0 Å². The number of rotatable bonds is 2. The van der Waals surface area contributed by atoms with E-state index in [1.54, 1.807) is 0 Å². The summed E-state index contributed by atoms with van der Waals surface area (Å²) in [5.74, 6) is 0.0181. The number of hydrogen-bond acceptors (Lipinski definition) is 3. The van der Waals surface area contributed by atoms with Crippen molar-refractivity contribution in [1.29, 1.82) is 0 Å². The molecule has 2 saturated heterocycles. The third-order valence-corrected chi connectivity index (χ3v) is 7.81. The summed E-state index contributed by atoms with van der Waals surface area (Å²) < 4.78 is 24.6. The van der Waals surface area contributed by atoms with E-state index in [9.17, 15) is 13.2 Å². The van der Waals surface area contributed by atoms with Crippen LogP contribution >= 0.6 is 0 Å². The molecule has 0 aliphatic carbocycles. The summed E-state index contributed by atoms with van der Waals surface area (Å²) in [5, 5.41) is -0.575. The second kappa shape index (κ2) is 5.24. The first-order chi connectivity index (χ1) is 9.89. The average Bonchev–Trinajstić information content (AvgIpc) is 2.36. The van der Waals surface area contributed by atoms with Crippen molar-refractivity contribution in [1.82, 2.24) is 0 Å². The molecule has 114 valence electrons. The van der Waals surface area contributed by atoms with Gasteiger partial charge < -0.3 is 0 Å². The second-order valence-electron chi connectivity index (χ2n) is 6.61. The van der Waals surface area contributed by atoms with Crippen molar-refractivity contribution < 1.29 is 13.2 Å². The number of hydrogen-bond donors (Lipinski definition) is 0. The molecule has 0 saturated carbocycles. The largest absolute Gasteiger partial charge is 0.294 e. The maximum atomic E-state index is 12.8. The Labute approximate surface area is 126 Å². The van der Waals surface area contributed by atoms with Crippen LogP contribution in [-0.2, 0) is 9.84 Å². The molecule has 1 aromatic carbocycles. The molecule has 0 radical (unpaired) electrons. The molecule has 2 unspecified atom stereocenters. The Balaban J connectivity index is 1.87. The minimum atomic E-state index is -2.98. The predicted molar refractivity (Wildman–Crippen MR) is 83.3 cm³/mol. The van der Waals surface area contributed by atoms with Crippen LogP contribution in [0.4, 0.5) is 0 Å². The molecule has 2 heterocycles. The maximum Gasteiger partial charge on any atom is 0.166 e. The monoisotopic (exact) mass is 306 g/mol. The van der Waals surface area contributed by atoms with E-state index in [2.05, 4.69) is 0 Å². The summed E-state index contributed by atoms with van der Waals surface area (Å²) in [5.41, 5.74) is 2.91. The molecule has 2 bridgehead atoms.